The van der Waals surface area contributed by atoms with E-state index >= 15 is 0 Å². The van der Waals surface area contributed by atoms with Crippen LogP contribution in [0.5, 0.6) is 0 Å². The van der Waals surface area contributed by atoms with Crippen molar-refractivity contribution in [2.45, 2.75) is 63.6 Å². The zero-order valence-electron chi connectivity index (χ0n) is 18.1. The number of likely N-dealkylation sites (tertiary alicyclic amines) is 1. The Morgan fingerprint density at radius 2 is 1.84 bits per heavy atom. The summed E-state index contributed by atoms with van der Waals surface area (Å²) in [6, 6.07) is 8.47. The number of piperidine rings is 1. The Bertz CT molecular complexity index is 1060. The van der Waals surface area contributed by atoms with E-state index in [-0.39, 0.29) is 6.10 Å². The van der Waals surface area contributed by atoms with Crippen LogP contribution < -0.4 is 10.6 Å². The fourth-order valence-corrected chi connectivity index (χ4v) is 5.94. The SMILES string of the molecule is O[C@H]1CC[C@H](Nc2nc(CN3CCCCC3)cc(Nc3nc4ccc(Br)cc4s3)n2)CC1. The lowest BCUT2D eigenvalue weighted by Crippen LogP contribution is -2.30. The quantitative estimate of drug-likeness (QED) is 0.410. The van der Waals surface area contributed by atoms with Gasteiger partial charge < -0.3 is 15.7 Å². The number of nitrogens with zero attached hydrogens (tertiary/aromatic N) is 4. The van der Waals surface area contributed by atoms with Crippen LogP contribution in [-0.2, 0) is 6.54 Å². The van der Waals surface area contributed by atoms with Crippen molar-refractivity contribution >= 4 is 54.4 Å². The minimum absolute atomic E-state index is 0.171. The molecule has 0 spiro atoms. The summed E-state index contributed by atoms with van der Waals surface area (Å²) in [5.41, 5.74) is 1.99. The summed E-state index contributed by atoms with van der Waals surface area (Å²) >= 11 is 5.15. The second-order valence-electron chi connectivity index (χ2n) is 8.81. The van der Waals surface area contributed by atoms with E-state index in [9.17, 15) is 5.11 Å². The molecule has 3 heterocycles. The van der Waals surface area contributed by atoms with Crippen LogP contribution in [0.4, 0.5) is 16.9 Å². The van der Waals surface area contributed by atoms with Gasteiger partial charge in [0.1, 0.15) is 5.82 Å². The number of nitrogens with one attached hydrogen (secondary N) is 2. The van der Waals surface area contributed by atoms with Crippen LogP contribution in [0.15, 0.2) is 28.7 Å². The summed E-state index contributed by atoms with van der Waals surface area (Å²) in [4.78, 5) is 16.8. The summed E-state index contributed by atoms with van der Waals surface area (Å²) in [5, 5.41) is 17.6. The van der Waals surface area contributed by atoms with E-state index in [0.29, 0.717) is 12.0 Å². The molecule has 0 unspecified atom stereocenters. The Balaban J connectivity index is 1.38. The topological polar surface area (TPSA) is 86.2 Å². The molecule has 3 N–H and O–H groups in total. The van der Waals surface area contributed by atoms with Gasteiger partial charge in [-0.05, 0) is 69.8 Å². The average molecular weight is 517 g/mol. The van der Waals surface area contributed by atoms with Gasteiger partial charge in [0.05, 0.1) is 22.0 Å². The van der Waals surface area contributed by atoms with Crippen molar-refractivity contribution in [3.8, 4) is 0 Å². The molecule has 1 aliphatic carbocycles. The number of aliphatic hydroxyl groups excluding tert-OH is 1. The van der Waals surface area contributed by atoms with E-state index in [0.717, 1.165) is 76.7 Å². The minimum Gasteiger partial charge on any atom is -0.393 e. The molecule has 2 aliphatic rings. The van der Waals surface area contributed by atoms with Crippen LogP contribution >= 0.6 is 27.3 Å². The maximum Gasteiger partial charge on any atom is 0.225 e. The standard InChI is InChI=1S/C23H29BrN6OS/c24-15-4-9-19-20(12-15)32-23(27-19)29-21-13-17(14-30-10-2-1-3-11-30)26-22(28-21)25-16-5-7-18(31)8-6-16/h4,9,12-13,16,18,31H,1-3,5-8,10-11,14H2,(H2,25,26,27,28,29)/t16-,18-. The zero-order chi connectivity index (χ0) is 21.9. The molecule has 1 saturated heterocycles. The zero-order valence-corrected chi connectivity index (χ0v) is 20.5. The number of benzene rings is 1. The van der Waals surface area contributed by atoms with Crippen molar-refractivity contribution in [1.29, 1.82) is 0 Å². The first-order valence-electron chi connectivity index (χ1n) is 11.5. The smallest absolute Gasteiger partial charge is 0.225 e. The summed E-state index contributed by atoms with van der Waals surface area (Å²) in [6.07, 6.45) is 7.21. The van der Waals surface area contributed by atoms with Crippen molar-refractivity contribution in [2.24, 2.45) is 0 Å². The molecule has 1 aromatic carbocycles. The highest BCUT2D eigenvalue weighted by Gasteiger charge is 2.21. The van der Waals surface area contributed by atoms with Crippen molar-refractivity contribution in [2.75, 3.05) is 23.7 Å². The van der Waals surface area contributed by atoms with Crippen molar-refractivity contribution < 1.29 is 5.11 Å². The second kappa shape index (κ2) is 9.99. The van der Waals surface area contributed by atoms with E-state index in [1.165, 1.54) is 19.3 Å². The van der Waals surface area contributed by atoms with E-state index in [4.69, 9.17) is 15.0 Å². The maximum absolute atomic E-state index is 9.82. The predicted molar refractivity (Wildman–Crippen MR) is 134 cm³/mol. The largest absolute Gasteiger partial charge is 0.393 e. The van der Waals surface area contributed by atoms with Crippen LogP contribution in [-0.4, -0.2) is 50.2 Å². The van der Waals surface area contributed by atoms with Gasteiger partial charge in [-0.15, -0.1) is 0 Å². The molecule has 1 aliphatic heterocycles. The van der Waals surface area contributed by atoms with Gasteiger partial charge in [-0.2, -0.15) is 4.98 Å². The number of rotatable bonds is 6. The van der Waals surface area contributed by atoms with E-state index in [2.05, 4.69) is 37.5 Å². The molecule has 3 aromatic rings. The van der Waals surface area contributed by atoms with Crippen LogP contribution in [0.3, 0.4) is 0 Å². The third-order valence-electron chi connectivity index (χ3n) is 6.23. The first-order chi connectivity index (χ1) is 15.6. The summed E-state index contributed by atoms with van der Waals surface area (Å²) in [7, 11) is 0. The molecule has 7 nitrogen and oxygen atoms in total. The average Bonchev–Trinajstić information content (AvgIpc) is 3.17. The minimum atomic E-state index is -0.171. The molecule has 32 heavy (non-hydrogen) atoms. The second-order valence-corrected chi connectivity index (χ2v) is 10.8. The predicted octanol–water partition coefficient (Wildman–Crippen LogP) is 5.29. The number of hydrogen-bond acceptors (Lipinski definition) is 8. The highest BCUT2D eigenvalue weighted by Crippen LogP contribution is 2.30. The molecular formula is C23H29BrN6OS. The van der Waals surface area contributed by atoms with Gasteiger partial charge in [-0.1, -0.05) is 33.7 Å². The first-order valence-corrected chi connectivity index (χ1v) is 13.1. The van der Waals surface area contributed by atoms with Gasteiger partial charge in [0.2, 0.25) is 5.95 Å². The molecule has 170 valence electrons. The molecule has 2 aromatic heterocycles. The lowest BCUT2D eigenvalue weighted by atomic mass is 9.93. The van der Waals surface area contributed by atoms with Crippen molar-refractivity contribution in [3.05, 3.63) is 34.4 Å². The van der Waals surface area contributed by atoms with Gasteiger partial charge in [0.15, 0.2) is 5.13 Å². The molecule has 2 fully saturated rings. The lowest BCUT2D eigenvalue weighted by Gasteiger charge is -2.27. The van der Waals surface area contributed by atoms with E-state index in [1.54, 1.807) is 11.3 Å². The van der Waals surface area contributed by atoms with Gasteiger partial charge >= 0.3 is 0 Å². The number of hydrogen-bond donors (Lipinski definition) is 3. The molecule has 1 saturated carbocycles. The summed E-state index contributed by atoms with van der Waals surface area (Å²) in [5.74, 6) is 1.43. The number of fused-ring (bicyclic) bond motifs is 1. The Kier molecular flexibility index (Phi) is 6.87. The molecular weight excluding hydrogens is 488 g/mol. The Morgan fingerprint density at radius 1 is 1.03 bits per heavy atom. The third-order valence-corrected chi connectivity index (χ3v) is 7.66. The van der Waals surface area contributed by atoms with Gasteiger partial charge in [0, 0.05) is 23.1 Å². The fourth-order valence-electron chi connectivity index (χ4n) is 4.52. The molecule has 0 bridgehead atoms. The van der Waals surface area contributed by atoms with Crippen LogP contribution in [0, 0.1) is 0 Å². The van der Waals surface area contributed by atoms with Crippen LogP contribution in [0.1, 0.15) is 50.6 Å². The van der Waals surface area contributed by atoms with Crippen LogP contribution in [0.25, 0.3) is 10.2 Å². The molecule has 5 rings (SSSR count). The van der Waals surface area contributed by atoms with E-state index in [1.807, 2.05) is 18.2 Å². The van der Waals surface area contributed by atoms with Crippen molar-refractivity contribution in [1.82, 2.24) is 19.9 Å². The van der Waals surface area contributed by atoms with Crippen molar-refractivity contribution in [3.63, 3.8) is 0 Å². The fraction of sp³-hybridized carbons (Fsp3) is 0.522. The molecule has 9 heteroatoms. The third kappa shape index (κ3) is 5.57. The summed E-state index contributed by atoms with van der Waals surface area (Å²) < 4.78 is 2.18. The van der Waals surface area contributed by atoms with Crippen LogP contribution in [0.2, 0.25) is 0 Å². The molecule has 0 amide bonds. The maximum atomic E-state index is 9.82. The summed E-state index contributed by atoms with van der Waals surface area (Å²) in [6.45, 7) is 3.09. The van der Waals surface area contributed by atoms with E-state index < -0.39 is 0 Å². The number of aliphatic hydroxyl groups is 1. The Labute approximate surface area is 200 Å². The number of thiazole rings is 1. The van der Waals surface area contributed by atoms with Gasteiger partial charge in [-0.25, -0.2) is 9.97 Å². The van der Waals surface area contributed by atoms with Gasteiger partial charge in [0.25, 0.3) is 0 Å². The monoisotopic (exact) mass is 516 g/mol. The highest BCUT2D eigenvalue weighted by atomic mass is 79.9. The Morgan fingerprint density at radius 3 is 2.66 bits per heavy atom. The highest BCUT2D eigenvalue weighted by molar-refractivity contribution is 9.10. The molecule has 0 radical (unpaired) electrons. The number of aromatic nitrogens is 3. The normalized spacial score (nSPS) is 22.2. The number of halogens is 1. The first kappa shape index (κ1) is 22.0. The molecule has 0 atom stereocenters. The Hall–Kier alpha value is -1.81. The number of anilines is 3. The lowest BCUT2D eigenvalue weighted by molar-refractivity contribution is 0.126. The van der Waals surface area contributed by atoms with Gasteiger partial charge in [-0.3, -0.25) is 4.90 Å².